The number of nitrogens with one attached hydrogen (secondary N) is 2. The van der Waals surface area contributed by atoms with E-state index in [9.17, 15) is 5.11 Å². The zero-order valence-corrected chi connectivity index (χ0v) is 20.7. The fraction of sp³-hybridized carbons (Fsp3) is 0.250. The van der Waals surface area contributed by atoms with Gasteiger partial charge in [-0.3, -0.25) is 4.68 Å². The SMILES string of the molecule is OC1CCC(Nc2cccc(Nc3nc4ccc(-c5cnn(Cc6ccccc6)c5)cc4s3)n2)CC1. The van der Waals surface area contributed by atoms with Crippen molar-refractivity contribution in [1.29, 1.82) is 0 Å². The lowest BCUT2D eigenvalue weighted by Crippen LogP contribution is -2.28. The lowest BCUT2D eigenvalue weighted by atomic mass is 9.93. The molecule has 3 heterocycles. The number of benzene rings is 2. The molecule has 5 aromatic rings. The standard InChI is InChI=1S/C28H28N6OS/c35-23-12-10-22(11-13-23)30-26-7-4-8-27(32-26)33-28-31-24-14-9-20(15-25(24)36-28)21-16-29-34(18-21)17-19-5-2-1-3-6-19/h1-9,14-16,18,22-23,35H,10-13,17H2,(H2,30,31,32,33). The molecule has 0 radical (unpaired) electrons. The topological polar surface area (TPSA) is 87.9 Å². The fourth-order valence-corrected chi connectivity index (χ4v) is 5.56. The van der Waals surface area contributed by atoms with E-state index < -0.39 is 0 Å². The van der Waals surface area contributed by atoms with Gasteiger partial charge in [-0.05, 0) is 61.1 Å². The predicted octanol–water partition coefficient (Wildman–Crippen LogP) is 6.06. The Morgan fingerprint density at radius 3 is 2.58 bits per heavy atom. The van der Waals surface area contributed by atoms with E-state index in [2.05, 4.69) is 52.3 Å². The molecule has 3 aromatic heterocycles. The number of thiazole rings is 1. The number of aliphatic hydroxyl groups excluding tert-OH is 1. The van der Waals surface area contributed by atoms with Crippen molar-refractivity contribution >= 4 is 38.3 Å². The molecule has 0 spiro atoms. The van der Waals surface area contributed by atoms with Crippen LogP contribution in [-0.4, -0.2) is 37.0 Å². The van der Waals surface area contributed by atoms with Crippen molar-refractivity contribution in [2.24, 2.45) is 0 Å². The second-order valence-electron chi connectivity index (χ2n) is 9.30. The number of aromatic nitrogens is 4. The Hall–Kier alpha value is -3.75. The summed E-state index contributed by atoms with van der Waals surface area (Å²) in [7, 11) is 0. The highest BCUT2D eigenvalue weighted by atomic mass is 32.1. The predicted molar refractivity (Wildman–Crippen MR) is 146 cm³/mol. The number of aliphatic hydroxyl groups is 1. The number of nitrogens with zero attached hydrogens (tertiary/aromatic N) is 4. The van der Waals surface area contributed by atoms with Gasteiger partial charge in [-0.1, -0.05) is 53.8 Å². The quantitative estimate of drug-likeness (QED) is 0.254. The highest BCUT2D eigenvalue weighted by Crippen LogP contribution is 2.32. The van der Waals surface area contributed by atoms with Gasteiger partial charge >= 0.3 is 0 Å². The molecule has 0 aliphatic heterocycles. The first-order valence-corrected chi connectivity index (χ1v) is 13.2. The van der Waals surface area contributed by atoms with E-state index in [4.69, 9.17) is 9.97 Å². The first kappa shape index (κ1) is 22.7. The summed E-state index contributed by atoms with van der Waals surface area (Å²) in [6, 6.07) is 23.0. The molecule has 0 bridgehead atoms. The van der Waals surface area contributed by atoms with Crippen LogP contribution in [-0.2, 0) is 6.54 Å². The van der Waals surface area contributed by atoms with Gasteiger partial charge in [0.1, 0.15) is 11.6 Å². The molecule has 1 aliphatic carbocycles. The highest BCUT2D eigenvalue weighted by molar-refractivity contribution is 7.22. The monoisotopic (exact) mass is 496 g/mol. The van der Waals surface area contributed by atoms with Gasteiger partial charge in [-0.15, -0.1) is 0 Å². The number of anilines is 3. The summed E-state index contributed by atoms with van der Waals surface area (Å²) in [6.07, 6.45) is 7.46. The van der Waals surface area contributed by atoms with Gasteiger partial charge in [0.25, 0.3) is 0 Å². The van der Waals surface area contributed by atoms with Gasteiger partial charge in [0.15, 0.2) is 5.13 Å². The number of rotatable bonds is 7. The van der Waals surface area contributed by atoms with Crippen molar-refractivity contribution in [3.8, 4) is 11.1 Å². The number of hydrogen-bond donors (Lipinski definition) is 3. The molecular weight excluding hydrogens is 468 g/mol. The van der Waals surface area contributed by atoms with Crippen LogP contribution >= 0.6 is 11.3 Å². The van der Waals surface area contributed by atoms with Crippen LogP contribution in [0.15, 0.2) is 79.1 Å². The van der Waals surface area contributed by atoms with E-state index in [0.717, 1.165) is 70.3 Å². The Bertz CT molecular complexity index is 1460. The molecule has 36 heavy (non-hydrogen) atoms. The third kappa shape index (κ3) is 5.24. The van der Waals surface area contributed by atoms with Crippen LogP contribution < -0.4 is 10.6 Å². The molecule has 3 N–H and O–H groups in total. The maximum absolute atomic E-state index is 9.74. The van der Waals surface area contributed by atoms with Crippen LogP contribution in [0.5, 0.6) is 0 Å². The Labute approximate surface area is 213 Å². The lowest BCUT2D eigenvalue weighted by molar-refractivity contribution is 0.126. The van der Waals surface area contributed by atoms with E-state index in [1.807, 2.05) is 47.3 Å². The molecule has 8 heteroatoms. The van der Waals surface area contributed by atoms with Crippen molar-refractivity contribution in [2.75, 3.05) is 10.6 Å². The van der Waals surface area contributed by atoms with Gasteiger partial charge in [0.2, 0.25) is 0 Å². The molecule has 0 saturated heterocycles. The van der Waals surface area contributed by atoms with Crippen molar-refractivity contribution in [3.05, 3.63) is 84.7 Å². The summed E-state index contributed by atoms with van der Waals surface area (Å²) >= 11 is 1.61. The molecule has 1 aliphatic rings. The van der Waals surface area contributed by atoms with Crippen LogP contribution in [0, 0.1) is 0 Å². The van der Waals surface area contributed by atoms with Gasteiger partial charge in [0.05, 0.1) is 29.1 Å². The van der Waals surface area contributed by atoms with Gasteiger partial charge < -0.3 is 15.7 Å². The molecular formula is C28H28N6OS. The van der Waals surface area contributed by atoms with Crippen LogP contribution in [0.1, 0.15) is 31.2 Å². The van der Waals surface area contributed by atoms with Crippen LogP contribution in [0.4, 0.5) is 16.8 Å². The zero-order valence-electron chi connectivity index (χ0n) is 19.8. The maximum atomic E-state index is 9.74. The van der Waals surface area contributed by atoms with Gasteiger partial charge in [-0.25, -0.2) is 9.97 Å². The minimum absolute atomic E-state index is 0.158. The molecule has 1 saturated carbocycles. The number of pyridine rings is 1. The molecule has 0 unspecified atom stereocenters. The van der Waals surface area contributed by atoms with E-state index in [0.29, 0.717) is 6.04 Å². The molecule has 182 valence electrons. The first-order valence-electron chi connectivity index (χ1n) is 12.3. The summed E-state index contributed by atoms with van der Waals surface area (Å²) in [5.41, 5.74) is 4.40. The lowest BCUT2D eigenvalue weighted by Gasteiger charge is -2.26. The zero-order chi connectivity index (χ0) is 24.3. The van der Waals surface area contributed by atoms with Gasteiger partial charge in [0, 0.05) is 17.8 Å². The van der Waals surface area contributed by atoms with E-state index in [1.165, 1.54) is 5.56 Å². The molecule has 2 aromatic carbocycles. The fourth-order valence-electron chi connectivity index (χ4n) is 4.65. The largest absolute Gasteiger partial charge is 0.393 e. The summed E-state index contributed by atoms with van der Waals surface area (Å²) in [5.74, 6) is 1.61. The second-order valence-corrected chi connectivity index (χ2v) is 10.3. The minimum atomic E-state index is -0.158. The summed E-state index contributed by atoms with van der Waals surface area (Å²) in [6.45, 7) is 0.751. The second kappa shape index (κ2) is 10.1. The average Bonchev–Trinajstić information content (AvgIpc) is 3.52. The van der Waals surface area contributed by atoms with E-state index in [-0.39, 0.29) is 6.10 Å². The molecule has 6 rings (SSSR count). The third-order valence-electron chi connectivity index (χ3n) is 6.58. The number of fused-ring (bicyclic) bond motifs is 1. The summed E-state index contributed by atoms with van der Waals surface area (Å²) in [5, 5.41) is 22.0. The van der Waals surface area contributed by atoms with E-state index in [1.54, 1.807) is 11.3 Å². The highest BCUT2D eigenvalue weighted by Gasteiger charge is 2.19. The van der Waals surface area contributed by atoms with Crippen LogP contribution in [0.2, 0.25) is 0 Å². The Balaban J connectivity index is 1.15. The van der Waals surface area contributed by atoms with Crippen molar-refractivity contribution in [1.82, 2.24) is 19.7 Å². The van der Waals surface area contributed by atoms with Crippen LogP contribution in [0.3, 0.4) is 0 Å². The molecule has 7 nitrogen and oxygen atoms in total. The van der Waals surface area contributed by atoms with E-state index >= 15 is 0 Å². The maximum Gasteiger partial charge on any atom is 0.189 e. The van der Waals surface area contributed by atoms with Crippen molar-refractivity contribution in [3.63, 3.8) is 0 Å². The Morgan fingerprint density at radius 2 is 1.72 bits per heavy atom. The Kier molecular flexibility index (Phi) is 6.36. The van der Waals surface area contributed by atoms with Crippen molar-refractivity contribution in [2.45, 2.75) is 44.4 Å². The first-order chi connectivity index (χ1) is 17.7. The molecule has 1 fully saturated rings. The normalized spacial score (nSPS) is 17.8. The molecule has 0 atom stereocenters. The number of hydrogen-bond acceptors (Lipinski definition) is 7. The smallest absolute Gasteiger partial charge is 0.189 e. The molecule has 0 amide bonds. The van der Waals surface area contributed by atoms with Gasteiger partial charge in [-0.2, -0.15) is 5.10 Å². The minimum Gasteiger partial charge on any atom is -0.393 e. The van der Waals surface area contributed by atoms with Crippen LogP contribution in [0.25, 0.3) is 21.3 Å². The Morgan fingerprint density at radius 1 is 0.889 bits per heavy atom. The average molecular weight is 497 g/mol. The summed E-state index contributed by atoms with van der Waals surface area (Å²) in [4.78, 5) is 9.48. The third-order valence-corrected chi connectivity index (χ3v) is 7.51. The van der Waals surface area contributed by atoms with Crippen molar-refractivity contribution < 1.29 is 5.11 Å². The summed E-state index contributed by atoms with van der Waals surface area (Å²) < 4.78 is 3.08.